The molecule has 0 atom stereocenters. The van der Waals surface area contributed by atoms with Crippen LogP contribution in [0.15, 0.2) is 47.8 Å². The van der Waals surface area contributed by atoms with Crippen molar-refractivity contribution in [3.63, 3.8) is 0 Å². The molecule has 0 fully saturated rings. The van der Waals surface area contributed by atoms with Crippen molar-refractivity contribution in [1.29, 1.82) is 0 Å². The summed E-state index contributed by atoms with van der Waals surface area (Å²) in [5.74, 6) is 1.19. The van der Waals surface area contributed by atoms with Gasteiger partial charge in [0.25, 0.3) is 0 Å². The topological polar surface area (TPSA) is 55.0 Å². The Labute approximate surface area is 113 Å². The number of rotatable bonds is 1. The molecule has 2 heterocycles. The van der Waals surface area contributed by atoms with Crippen LogP contribution in [0.4, 0.5) is 11.8 Å². The summed E-state index contributed by atoms with van der Waals surface area (Å²) in [7, 11) is 0. The van der Waals surface area contributed by atoms with Crippen molar-refractivity contribution >= 4 is 11.8 Å². The molecule has 0 aromatic carbocycles. The molecule has 4 heteroatoms. The molecule has 1 aromatic heterocycles. The minimum atomic E-state index is 0.0979. The molecule has 0 spiro atoms. The van der Waals surface area contributed by atoms with Crippen molar-refractivity contribution in [3.05, 3.63) is 47.8 Å². The quantitative estimate of drug-likeness (QED) is 0.837. The molecule has 3 rings (SSSR count). The third kappa shape index (κ3) is 2.26. The summed E-state index contributed by atoms with van der Waals surface area (Å²) < 4.78 is 0. The second kappa shape index (κ2) is 4.23. The zero-order valence-corrected chi connectivity index (χ0v) is 11.3. The molecule has 2 aliphatic rings. The molecule has 1 aromatic rings. The second-order valence-electron chi connectivity index (χ2n) is 5.57. The molecular formula is C15H18N4. The fourth-order valence-corrected chi connectivity index (χ4v) is 2.44. The maximum absolute atomic E-state index is 5.67. The normalized spacial score (nSPS) is 20.6. The third-order valence-corrected chi connectivity index (χ3v) is 3.55. The maximum atomic E-state index is 5.67. The van der Waals surface area contributed by atoms with Crippen molar-refractivity contribution in [3.8, 4) is 0 Å². The van der Waals surface area contributed by atoms with Crippen molar-refractivity contribution in [2.75, 3.05) is 17.2 Å². The number of anilines is 2. The third-order valence-electron chi connectivity index (χ3n) is 3.55. The summed E-state index contributed by atoms with van der Waals surface area (Å²) in [6, 6.07) is 1.90. The Morgan fingerprint density at radius 3 is 2.84 bits per heavy atom. The molecule has 1 aliphatic heterocycles. The van der Waals surface area contributed by atoms with Gasteiger partial charge in [-0.1, -0.05) is 32.1 Å². The van der Waals surface area contributed by atoms with Gasteiger partial charge in [-0.2, -0.15) is 4.98 Å². The Morgan fingerprint density at radius 2 is 2.05 bits per heavy atom. The number of nitrogens with zero attached hydrogens (tertiary/aromatic N) is 3. The highest BCUT2D eigenvalue weighted by atomic mass is 15.2. The Kier molecular flexibility index (Phi) is 2.66. The first kappa shape index (κ1) is 12.0. The Balaban J connectivity index is 1.99. The predicted molar refractivity (Wildman–Crippen MR) is 77.5 cm³/mol. The molecule has 0 saturated carbocycles. The summed E-state index contributed by atoms with van der Waals surface area (Å²) in [6.45, 7) is 5.35. The average Bonchev–Trinajstić information content (AvgIpc) is 2.71. The van der Waals surface area contributed by atoms with E-state index in [4.69, 9.17) is 5.73 Å². The van der Waals surface area contributed by atoms with Gasteiger partial charge in [0, 0.05) is 23.9 Å². The Bertz CT molecular complexity index is 596. The lowest BCUT2D eigenvalue weighted by Crippen LogP contribution is -2.19. The highest BCUT2D eigenvalue weighted by Crippen LogP contribution is 2.34. The van der Waals surface area contributed by atoms with E-state index in [0.717, 1.165) is 18.8 Å². The van der Waals surface area contributed by atoms with Crippen LogP contribution < -0.4 is 10.6 Å². The highest BCUT2D eigenvalue weighted by molar-refractivity contribution is 5.58. The van der Waals surface area contributed by atoms with Crippen LogP contribution in [-0.4, -0.2) is 16.5 Å². The lowest BCUT2D eigenvalue weighted by Gasteiger charge is -2.20. The van der Waals surface area contributed by atoms with E-state index in [0.29, 0.717) is 5.95 Å². The van der Waals surface area contributed by atoms with Gasteiger partial charge in [-0.3, -0.25) is 0 Å². The summed E-state index contributed by atoms with van der Waals surface area (Å²) in [5.41, 5.74) is 8.35. The van der Waals surface area contributed by atoms with Crippen LogP contribution in [0.25, 0.3) is 0 Å². The number of aromatic nitrogens is 2. The molecule has 0 saturated heterocycles. The van der Waals surface area contributed by atoms with E-state index < -0.39 is 0 Å². The van der Waals surface area contributed by atoms with Crippen LogP contribution in [0, 0.1) is 5.41 Å². The van der Waals surface area contributed by atoms with E-state index >= 15 is 0 Å². The Hall–Kier alpha value is -2.10. The SMILES string of the molecule is CC1(C)C=CC2=C(C=C1)N(c1ccnc(N)n1)CC2. The van der Waals surface area contributed by atoms with Gasteiger partial charge >= 0.3 is 0 Å². The molecule has 4 nitrogen and oxygen atoms in total. The van der Waals surface area contributed by atoms with Crippen molar-refractivity contribution in [2.45, 2.75) is 20.3 Å². The number of allylic oxidation sites excluding steroid dienone is 4. The standard InChI is InChI=1S/C15H18N4/c1-15(2)7-3-11-6-10-19(12(11)4-8-15)13-5-9-17-14(16)18-13/h3-5,7-9H,6,10H2,1-2H3,(H2,16,17,18). The zero-order valence-electron chi connectivity index (χ0n) is 11.3. The molecule has 0 unspecified atom stereocenters. The summed E-state index contributed by atoms with van der Waals surface area (Å²) >= 11 is 0. The minimum absolute atomic E-state index is 0.0979. The number of nitrogens with two attached hydrogens (primary N) is 1. The van der Waals surface area contributed by atoms with E-state index in [9.17, 15) is 0 Å². The van der Waals surface area contributed by atoms with Gasteiger partial charge < -0.3 is 10.6 Å². The second-order valence-corrected chi connectivity index (χ2v) is 5.57. The lowest BCUT2D eigenvalue weighted by atomic mass is 9.93. The average molecular weight is 254 g/mol. The maximum Gasteiger partial charge on any atom is 0.221 e. The van der Waals surface area contributed by atoms with Gasteiger partial charge in [0.05, 0.1) is 0 Å². The fourth-order valence-electron chi connectivity index (χ4n) is 2.44. The molecule has 2 N–H and O–H groups in total. The van der Waals surface area contributed by atoms with Gasteiger partial charge in [0.2, 0.25) is 5.95 Å². The van der Waals surface area contributed by atoms with Crippen molar-refractivity contribution < 1.29 is 0 Å². The van der Waals surface area contributed by atoms with Gasteiger partial charge in [0.1, 0.15) is 5.82 Å². The van der Waals surface area contributed by atoms with Crippen LogP contribution in [0.5, 0.6) is 0 Å². The van der Waals surface area contributed by atoms with Gasteiger partial charge in [-0.25, -0.2) is 4.98 Å². The van der Waals surface area contributed by atoms with E-state index in [-0.39, 0.29) is 5.41 Å². The van der Waals surface area contributed by atoms with Gasteiger partial charge in [-0.15, -0.1) is 0 Å². The largest absolute Gasteiger partial charge is 0.368 e. The summed E-state index contributed by atoms with van der Waals surface area (Å²) in [5, 5.41) is 0. The smallest absolute Gasteiger partial charge is 0.221 e. The van der Waals surface area contributed by atoms with Crippen LogP contribution in [-0.2, 0) is 0 Å². The number of hydrogen-bond acceptors (Lipinski definition) is 4. The van der Waals surface area contributed by atoms with Crippen LogP contribution in [0.2, 0.25) is 0 Å². The first-order chi connectivity index (χ1) is 9.05. The molecule has 19 heavy (non-hydrogen) atoms. The van der Waals surface area contributed by atoms with Gasteiger partial charge in [0.15, 0.2) is 0 Å². The molecule has 98 valence electrons. The van der Waals surface area contributed by atoms with E-state index in [1.165, 1.54) is 11.3 Å². The minimum Gasteiger partial charge on any atom is -0.368 e. The molecule has 0 radical (unpaired) electrons. The first-order valence-electron chi connectivity index (χ1n) is 6.53. The number of nitrogen functional groups attached to an aromatic ring is 1. The van der Waals surface area contributed by atoms with Gasteiger partial charge in [-0.05, 0) is 24.1 Å². The van der Waals surface area contributed by atoms with Crippen LogP contribution in [0.1, 0.15) is 20.3 Å². The predicted octanol–water partition coefficient (Wildman–Crippen LogP) is 2.68. The van der Waals surface area contributed by atoms with Crippen LogP contribution >= 0.6 is 0 Å². The van der Waals surface area contributed by atoms with Crippen molar-refractivity contribution in [1.82, 2.24) is 9.97 Å². The summed E-state index contributed by atoms with van der Waals surface area (Å²) in [4.78, 5) is 10.5. The lowest BCUT2D eigenvalue weighted by molar-refractivity contribution is 0.626. The van der Waals surface area contributed by atoms with E-state index in [1.807, 2.05) is 6.07 Å². The highest BCUT2D eigenvalue weighted by Gasteiger charge is 2.24. The Morgan fingerprint density at radius 1 is 1.26 bits per heavy atom. The zero-order chi connectivity index (χ0) is 13.5. The molecule has 0 bridgehead atoms. The van der Waals surface area contributed by atoms with E-state index in [1.54, 1.807) is 6.20 Å². The molecule has 0 amide bonds. The molecule has 1 aliphatic carbocycles. The monoisotopic (exact) mass is 254 g/mol. The first-order valence-corrected chi connectivity index (χ1v) is 6.53. The van der Waals surface area contributed by atoms with Crippen LogP contribution in [0.3, 0.4) is 0 Å². The summed E-state index contributed by atoms with van der Waals surface area (Å²) in [6.07, 6.45) is 11.7. The fraction of sp³-hybridized carbons (Fsp3) is 0.333. The number of hydrogen-bond donors (Lipinski definition) is 1. The van der Waals surface area contributed by atoms with Crippen molar-refractivity contribution in [2.24, 2.45) is 5.41 Å². The van der Waals surface area contributed by atoms with E-state index in [2.05, 4.69) is 53.0 Å². The molecular weight excluding hydrogens is 236 g/mol.